The standard InChI is InChI=1S/C13H18N2O4/c1-19-12(17)5-3-2-4-6-15-13(18)10-7-11(16)9-14-8-10/h7-9,16H,2-6H2,1H3,(H,15,18). The van der Waals surface area contributed by atoms with Crippen molar-refractivity contribution in [2.75, 3.05) is 13.7 Å². The molecule has 0 fully saturated rings. The van der Waals surface area contributed by atoms with Crippen molar-refractivity contribution in [2.24, 2.45) is 0 Å². The smallest absolute Gasteiger partial charge is 0.305 e. The van der Waals surface area contributed by atoms with Crippen LogP contribution in [0.4, 0.5) is 0 Å². The molecular weight excluding hydrogens is 248 g/mol. The highest BCUT2D eigenvalue weighted by molar-refractivity contribution is 5.94. The Bertz CT molecular complexity index is 434. The van der Waals surface area contributed by atoms with Crippen molar-refractivity contribution < 1.29 is 19.4 Å². The Labute approximate surface area is 111 Å². The number of nitrogens with zero attached hydrogens (tertiary/aromatic N) is 1. The molecule has 0 bridgehead atoms. The number of hydrogen-bond acceptors (Lipinski definition) is 5. The van der Waals surface area contributed by atoms with E-state index in [0.29, 0.717) is 18.5 Å². The van der Waals surface area contributed by atoms with Crippen LogP contribution in [-0.2, 0) is 9.53 Å². The van der Waals surface area contributed by atoms with Gasteiger partial charge in [-0.3, -0.25) is 14.6 Å². The van der Waals surface area contributed by atoms with Crippen molar-refractivity contribution >= 4 is 11.9 Å². The van der Waals surface area contributed by atoms with E-state index in [1.165, 1.54) is 25.6 Å². The third-order valence-electron chi connectivity index (χ3n) is 2.56. The number of nitrogens with one attached hydrogen (secondary N) is 1. The van der Waals surface area contributed by atoms with E-state index in [4.69, 9.17) is 0 Å². The Hall–Kier alpha value is -2.11. The van der Waals surface area contributed by atoms with Gasteiger partial charge in [-0.05, 0) is 18.9 Å². The molecule has 0 atom stereocenters. The van der Waals surface area contributed by atoms with Gasteiger partial charge in [0.25, 0.3) is 5.91 Å². The molecule has 1 heterocycles. The van der Waals surface area contributed by atoms with Crippen LogP contribution in [0.5, 0.6) is 5.75 Å². The molecule has 2 N–H and O–H groups in total. The van der Waals surface area contributed by atoms with Crippen molar-refractivity contribution in [3.63, 3.8) is 0 Å². The van der Waals surface area contributed by atoms with E-state index in [2.05, 4.69) is 15.0 Å². The molecule has 1 rings (SSSR count). The summed E-state index contributed by atoms with van der Waals surface area (Å²) in [5.74, 6) is -0.517. The predicted molar refractivity (Wildman–Crippen MR) is 68.7 cm³/mol. The highest BCUT2D eigenvalue weighted by atomic mass is 16.5. The monoisotopic (exact) mass is 266 g/mol. The average Bonchev–Trinajstić information content (AvgIpc) is 2.42. The van der Waals surface area contributed by atoms with Gasteiger partial charge in [0.1, 0.15) is 5.75 Å². The van der Waals surface area contributed by atoms with Crippen LogP contribution in [0.2, 0.25) is 0 Å². The Kier molecular flexibility index (Phi) is 6.35. The number of ether oxygens (including phenoxy) is 1. The maximum absolute atomic E-state index is 11.6. The number of esters is 1. The Morgan fingerprint density at radius 1 is 1.32 bits per heavy atom. The number of aromatic nitrogens is 1. The molecule has 0 aromatic carbocycles. The van der Waals surface area contributed by atoms with Gasteiger partial charge in [0, 0.05) is 19.2 Å². The van der Waals surface area contributed by atoms with Gasteiger partial charge in [-0.1, -0.05) is 6.42 Å². The second kappa shape index (κ2) is 8.07. The van der Waals surface area contributed by atoms with Crippen molar-refractivity contribution in [3.05, 3.63) is 24.0 Å². The topological polar surface area (TPSA) is 88.5 Å². The lowest BCUT2D eigenvalue weighted by molar-refractivity contribution is -0.140. The van der Waals surface area contributed by atoms with E-state index in [0.717, 1.165) is 19.3 Å². The van der Waals surface area contributed by atoms with Gasteiger partial charge >= 0.3 is 5.97 Å². The van der Waals surface area contributed by atoms with Crippen molar-refractivity contribution in [2.45, 2.75) is 25.7 Å². The number of unbranched alkanes of at least 4 members (excludes halogenated alkanes) is 2. The SMILES string of the molecule is COC(=O)CCCCCNC(=O)c1cncc(O)c1. The first-order valence-electron chi connectivity index (χ1n) is 6.12. The van der Waals surface area contributed by atoms with Gasteiger partial charge in [0.05, 0.1) is 18.9 Å². The molecule has 0 radical (unpaired) electrons. The molecule has 0 saturated heterocycles. The number of carbonyl (C=O) groups excluding carboxylic acids is 2. The van der Waals surface area contributed by atoms with Crippen LogP contribution in [0, 0.1) is 0 Å². The highest BCUT2D eigenvalue weighted by Crippen LogP contribution is 2.08. The number of hydrogen-bond donors (Lipinski definition) is 2. The molecule has 0 aliphatic carbocycles. The molecule has 6 nitrogen and oxygen atoms in total. The van der Waals surface area contributed by atoms with E-state index < -0.39 is 0 Å². The van der Waals surface area contributed by atoms with Crippen molar-refractivity contribution in [1.82, 2.24) is 10.3 Å². The highest BCUT2D eigenvalue weighted by Gasteiger charge is 2.06. The molecule has 1 aromatic heterocycles. The molecule has 19 heavy (non-hydrogen) atoms. The van der Waals surface area contributed by atoms with Crippen LogP contribution in [0.15, 0.2) is 18.5 Å². The number of pyridine rings is 1. The molecule has 104 valence electrons. The lowest BCUT2D eigenvalue weighted by Crippen LogP contribution is -2.24. The van der Waals surface area contributed by atoms with Gasteiger partial charge in [0.15, 0.2) is 0 Å². The maximum atomic E-state index is 11.6. The Morgan fingerprint density at radius 3 is 2.79 bits per heavy atom. The molecule has 0 aliphatic heterocycles. The van der Waals surface area contributed by atoms with Crippen LogP contribution in [-0.4, -0.2) is 35.6 Å². The zero-order valence-corrected chi connectivity index (χ0v) is 10.9. The lowest BCUT2D eigenvalue weighted by Gasteiger charge is -2.05. The number of methoxy groups -OCH3 is 1. The first-order valence-corrected chi connectivity index (χ1v) is 6.12. The van der Waals surface area contributed by atoms with E-state index >= 15 is 0 Å². The molecule has 0 aliphatic rings. The average molecular weight is 266 g/mol. The minimum Gasteiger partial charge on any atom is -0.506 e. The maximum Gasteiger partial charge on any atom is 0.305 e. The summed E-state index contributed by atoms with van der Waals surface area (Å²) in [5.41, 5.74) is 0.328. The third-order valence-corrected chi connectivity index (χ3v) is 2.56. The van der Waals surface area contributed by atoms with Crippen LogP contribution >= 0.6 is 0 Å². The molecular formula is C13H18N2O4. The van der Waals surface area contributed by atoms with Crippen LogP contribution in [0.1, 0.15) is 36.0 Å². The zero-order chi connectivity index (χ0) is 14.1. The fourth-order valence-corrected chi connectivity index (χ4v) is 1.53. The first kappa shape index (κ1) is 14.9. The minimum absolute atomic E-state index is 0.0364. The number of aromatic hydroxyl groups is 1. The van der Waals surface area contributed by atoms with Gasteiger partial charge in [0.2, 0.25) is 0 Å². The van der Waals surface area contributed by atoms with Crippen LogP contribution in [0.25, 0.3) is 0 Å². The van der Waals surface area contributed by atoms with Gasteiger partial charge < -0.3 is 15.2 Å². The summed E-state index contributed by atoms with van der Waals surface area (Å²) in [7, 11) is 1.37. The fraction of sp³-hybridized carbons (Fsp3) is 0.462. The van der Waals surface area contributed by atoms with Crippen LogP contribution < -0.4 is 5.32 Å². The molecule has 1 amide bonds. The fourth-order valence-electron chi connectivity index (χ4n) is 1.53. The largest absolute Gasteiger partial charge is 0.506 e. The molecule has 0 spiro atoms. The van der Waals surface area contributed by atoms with E-state index in [-0.39, 0.29) is 17.6 Å². The summed E-state index contributed by atoms with van der Waals surface area (Å²) in [6.45, 7) is 0.523. The lowest BCUT2D eigenvalue weighted by atomic mass is 10.2. The van der Waals surface area contributed by atoms with Crippen molar-refractivity contribution in [3.8, 4) is 5.75 Å². The Balaban J connectivity index is 2.16. The normalized spacial score (nSPS) is 9.95. The first-order chi connectivity index (χ1) is 9.13. The van der Waals surface area contributed by atoms with E-state index in [9.17, 15) is 14.7 Å². The summed E-state index contributed by atoms with van der Waals surface area (Å²) in [6, 6.07) is 1.36. The summed E-state index contributed by atoms with van der Waals surface area (Å²) in [6.07, 6.45) is 5.44. The summed E-state index contributed by atoms with van der Waals surface area (Å²) in [5, 5.41) is 11.9. The van der Waals surface area contributed by atoms with E-state index in [1.807, 2.05) is 0 Å². The predicted octanol–water partition coefficient (Wildman–Crippen LogP) is 1.25. The molecule has 0 unspecified atom stereocenters. The summed E-state index contributed by atoms with van der Waals surface area (Å²) in [4.78, 5) is 26.2. The summed E-state index contributed by atoms with van der Waals surface area (Å²) < 4.78 is 4.52. The third kappa shape index (κ3) is 5.85. The molecule has 1 aromatic rings. The van der Waals surface area contributed by atoms with E-state index in [1.54, 1.807) is 0 Å². The second-order valence-corrected chi connectivity index (χ2v) is 4.07. The number of rotatable bonds is 7. The van der Waals surface area contributed by atoms with Gasteiger partial charge in [-0.25, -0.2) is 0 Å². The number of amides is 1. The van der Waals surface area contributed by atoms with Gasteiger partial charge in [-0.2, -0.15) is 0 Å². The quantitative estimate of drug-likeness (QED) is 0.572. The molecule has 6 heteroatoms. The molecule has 0 saturated carbocycles. The number of carbonyl (C=O) groups is 2. The minimum atomic E-state index is -0.267. The zero-order valence-electron chi connectivity index (χ0n) is 10.9. The van der Waals surface area contributed by atoms with Crippen LogP contribution in [0.3, 0.4) is 0 Å². The van der Waals surface area contributed by atoms with Gasteiger partial charge in [-0.15, -0.1) is 0 Å². The van der Waals surface area contributed by atoms with Crippen molar-refractivity contribution in [1.29, 1.82) is 0 Å². The second-order valence-electron chi connectivity index (χ2n) is 4.07. The Morgan fingerprint density at radius 2 is 2.11 bits per heavy atom. The summed E-state index contributed by atoms with van der Waals surface area (Å²) >= 11 is 0.